The number of hydrogen-bond acceptors (Lipinski definition) is 5. The fourth-order valence-corrected chi connectivity index (χ4v) is 2.79. The molecule has 1 heterocycles. The summed E-state index contributed by atoms with van der Waals surface area (Å²) in [7, 11) is -3.72. The Bertz CT molecular complexity index is 559. The van der Waals surface area contributed by atoms with E-state index in [9.17, 15) is 8.42 Å². The molecule has 1 saturated heterocycles. The zero-order chi connectivity index (χ0) is 14.0. The van der Waals surface area contributed by atoms with E-state index in [-0.39, 0.29) is 10.9 Å². The third-order valence-corrected chi connectivity index (χ3v) is 4.25. The number of benzene rings is 1. The van der Waals surface area contributed by atoms with Gasteiger partial charge in [0, 0.05) is 6.54 Å². The van der Waals surface area contributed by atoms with Crippen LogP contribution in [0, 0.1) is 0 Å². The Balaban J connectivity index is 2.42. The predicted molar refractivity (Wildman–Crippen MR) is 74.5 cm³/mol. The lowest BCUT2D eigenvalue weighted by Crippen LogP contribution is -2.45. The van der Waals surface area contributed by atoms with Crippen molar-refractivity contribution in [3.63, 3.8) is 0 Å². The Hall–Kier alpha value is -1.31. The maximum Gasteiger partial charge on any atom is 0.238 e. The van der Waals surface area contributed by atoms with E-state index in [4.69, 9.17) is 15.6 Å². The second kappa shape index (κ2) is 5.36. The van der Waals surface area contributed by atoms with Gasteiger partial charge in [0.1, 0.15) is 0 Å². The molecule has 6 nitrogen and oxygen atoms in total. The van der Waals surface area contributed by atoms with Gasteiger partial charge in [-0.15, -0.1) is 0 Å². The van der Waals surface area contributed by atoms with Gasteiger partial charge in [0.05, 0.1) is 35.5 Å². The summed E-state index contributed by atoms with van der Waals surface area (Å²) in [5.41, 5.74) is 7.22. The Morgan fingerprint density at radius 3 is 2.84 bits per heavy atom. The van der Waals surface area contributed by atoms with Crippen LogP contribution in [0.2, 0.25) is 0 Å². The van der Waals surface area contributed by atoms with Crippen LogP contribution in [0.4, 0.5) is 11.4 Å². The molecule has 0 amide bonds. The van der Waals surface area contributed by atoms with Crippen LogP contribution in [0.5, 0.6) is 0 Å². The lowest BCUT2D eigenvalue weighted by molar-refractivity contribution is 0.0930. The van der Waals surface area contributed by atoms with E-state index in [2.05, 4.69) is 11.8 Å². The number of primary sulfonamides is 1. The third kappa shape index (κ3) is 2.99. The van der Waals surface area contributed by atoms with Gasteiger partial charge in [0.25, 0.3) is 0 Å². The van der Waals surface area contributed by atoms with Crippen molar-refractivity contribution < 1.29 is 13.2 Å². The van der Waals surface area contributed by atoms with E-state index in [0.29, 0.717) is 31.1 Å². The Labute approximate surface area is 113 Å². The summed E-state index contributed by atoms with van der Waals surface area (Å²) in [6.45, 7) is 3.98. The lowest BCUT2D eigenvalue weighted by atomic mass is 10.1. The standard InChI is InChI=1S/C12H19N3O3S/c1-2-9-8-18-6-5-15(9)12-7-10(19(14,16)17)3-4-11(12)13/h3-4,7,9H,2,5-6,8,13H2,1H3,(H2,14,16,17). The molecule has 7 heteroatoms. The van der Waals surface area contributed by atoms with Gasteiger partial charge in [-0.25, -0.2) is 13.6 Å². The minimum absolute atomic E-state index is 0.0815. The van der Waals surface area contributed by atoms with Gasteiger partial charge in [-0.3, -0.25) is 0 Å². The molecule has 106 valence electrons. The van der Waals surface area contributed by atoms with Gasteiger partial charge < -0.3 is 15.4 Å². The number of hydrogen-bond donors (Lipinski definition) is 2. The van der Waals surface area contributed by atoms with Crippen LogP contribution < -0.4 is 15.8 Å². The lowest BCUT2D eigenvalue weighted by Gasteiger charge is -2.37. The van der Waals surface area contributed by atoms with Crippen LogP contribution >= 0.6 is 0 Å². The number of nitrogens with zero attached hydrogens (tertiary/aromatic N) is 1. The molecule has 1 aromatic rings. The van der Waals surface area contributed by atoms with Crippen LogP contribution in [0.15, 0.2) is 23.1 Å². The fourth-order valence-electron chi connectivity index (χ4n) is 2.26. The fraction of sp³-hybridized carbons (Fsp3) is 0.500. The van der Waals surface area contributed by atoms with E-state index in [0.717, 1.165) is 6.42 Å². The molecule has 1 aromatic carbocycles. The molecule has 0 radical (unpaired) electrons. The highest BCUT2D eigenvalue weighted by atomic mass is 32.2. The van der Waals surface area contributed by atoms with E-state index in [1.54, 1.807) is 12.1 Å². The molecular weight excluding hydrogens is 266 g/mol. The van der Waals surface area contributed by atoms with Gasteiger partial charge in [0.2, 0.25) is 10.0 Å². The first-order valence-corrected chi connectivity index (χ1v) is 7.75. The normalized spacial score (nSPS) is 20.5. The number of nitrogens with two attached hydrogens (primary N) is 2. The molecule has 0 aromatic heterocycles. The average Bonchev–Trinajstić information content (AvgIpc) is 2.38. The van der Waals surface area contributed by atoms with Gasteiger partial charge in [-0.2, -0.15) is 0 Å². The molecule has 1 fully saturated rings. The number of sulfonamides is 1. The van der Waals surface area contributed by atoms with Crippen molar-refractivity contribution in [3.05, 3.63) is 18.2 Å². The van der Waals surface area contributed by atoms with Crippen molar-refractivity contribution in [2.75, 3.05) is 30.4 Å². The Kier molecular flexibility index (Phi) is 3.98. The van der Waals surface area contributed by atoms with Gasteiger partial charge in [-0.05, 0) is 24.6 Å². The highest BCUT2D eigenvalue weighted by Gasteiger charge is 2.24. The number of morpholine rings is 1. The molecule has 1 atom stereocenters. The molecule has 4 N–H and O–H groups in total. The van der Waals surface area contributed by atoms with Gasteiger partial charge in [-0.1, -0.05) is 6.92 Å². The molecule has 19 heavy (non-hydrogen) atoms. The van der Waals surface area contributed by atoms with Crippen molar-refractivity contribution in [3.8, 4) is 0 Å². The van der Waals surface area contributed by atoms with E-state index >= 15 is 0 Å². The summed E-state index contributed by atoms with van der Waals surface area (Å²) in [5, 5.41) is 5.16. The smallest absolute Gasteiger partial charge is 0.238 e. The molecular formula is C12H19N3O3S. The van der Waals surface area contributed by atoms with E-state index < -0.39 is 10.0 Å². The first-order valence-electron chi connectivity index (χ1n) is 6.20. The SMILES string of the molecule is CCC1COCCN1c1cc(S(N)(=O)=O)ccc1N. The third-order valence-electron chi connectivity index (χ3n) is 3.34. The monoisotopic (exact) mass is 285 g/mol. The van der Waals surface area contributed by atoms with Crippen molar-refractivity contribution in [2.45, 2.75) is 24.3 Å². The second-order valence-corrected chi connectivity index (χ2v) is 6.16. The van der Waals surface area contributed by atoms with Crippen LogP contribution in [-0.2, 0) is 14.8 Å². The van der Waals surface area contributed by atoms with Crippen LogP contribution in [0.3, 0.4) is 0 Å². The number of nitrogen functional groups attached to an aromatic ring is 1. The van der Waals surface area contributed by atoms with E-state index in [1.165, 1.54) is 6.07 Å². The maximum absolute atomic E-state index is 11.4. The Morgan fingerprint density at radius 2 is 2.21 bits per heavy atom. The number of ether oxygens (including phenoxy) is 1. The summed E-state index contributed by atoms with van der Waals surface area (Å²) in [6, 6.07) is 4.75. The van der Waals surface area contributed by atoms with Crippen LogP contribution in [-0.4, -0.2) is 34.2 Å². The number of rotatable bonds is 3. The molecule has 0 spiro atoms. The van der Waals surface area contributed by atoms with Crippen LogP contribution in [0.25, 0.3) is 0 Å². The minimum Gasteiger partial charge on any atom is -0.397 e. The quantitative estimate of drug-likeness (QED) is 0.789. The first kappa shape index (κ1) is 14.1. The van der Waals surface area contributed by atoms with Crippen molar-refractivity contribution >= 4 is 21.4 Å². The molecule has 1 aliphatic heterocycles. The topological polar surface area (TPSA) is 98.6 Å². The number of anilines is 2. The molecule has 2 rings (SSSR count). The summed E-state index contributed by atoms with van der Waals surface area (Å²) >= 11 is 0. The maximum atomic E-state index is 11.4. The predicted octanol–water partition coefficient (Wildman–Crippen LogP) is 0.531. The summed E-state index contributed by atoms with van der Waals surface area (Å²) in [5.74, 6) is 0. The highest BCUT2D eigenvalue weighted by Crippen LogP contribution is 2.29. The molecule has 0 saturated carbocycles. The van der Waals surface area contributed by atoms with Gasteiger partial charge >= 0.3 is 0 Å². The van der Waals surface area contributed by atoms with Crippen LogP contribution in [0.1, 0.15) is 13.3 Å². The van der Waals surface area contributed by atoms with E-state index in [1.807, 2.05) is 0 Å². The molecule has 1 unspecified atom stereocenters. The first-order chi connectivity index (χ1) is 8.93. The summed E-state index contributed by atoms with van der Waals surface area (Å²) in [4.78, 5) is 2.17. The largest absolute Gasteiger partial charge is 0.397 e. The summed E-state index contributed by atoms with van der Waals surface area (Å²) in [6.07, 6.45) is 0.902. The van der Waals surface area contributed by atoms with Crippen molar-refractivity contribution in [1.29, 1.82) is 0 Å². The minimum atomic E-state index is -3.72. The zero-order valence-corrected chi connectivity index (χ0v) is 11.7. The highest BCUT2D eigenvalue weighted by molar-refractivity contribution is 7.89. The summed E-state index contributed by atoms with van der Waals surface area (Å²) < 4.78 is 28.3. The zero-order valence-electron chi connectivity index (χ0n) is 10.9. The van der Waals surface area contributed by atoms with Crippen molar-refractivity contribution in [1.82, 2.24) is 0 Å². The van der Waals surface area contributed by atoms with Crippen molar-refractivity contribution in [2.24, 2.45) is 5.14 Å². The molecule has 1 aliphatic rings. The molecule has 0 bridgehead atoms. The second-order valence-electron chi connectivity index (χ2n) is 4.60. The Morgan fingerprint density at radius 1 is 1.47 bits per heavy atom. The average molecular weight is 285 g/mol. The van der Waals surface area contributed by atoms with Gasteiger partial charge in [0.15, 0.2) is 0 Å². The molecule has 0 aliphatic carbocycles.